The van der Waals surface area contributed by atoms with Crippen molar-refractivity contribution in [1.82, 2.24) is 4.90 Å². The highest BCUT2D eigenvalue weighted by Gasteiger charge is 2.32. The van der Waals surface area contributed by atoms with Gasteiger partial charge in [-0.25, -0.2) is 0 Å². The molecule has 0 heterocycles. The van der Waals surface area contributed by atoms with Crippen LogP contribution in [0.25, 0.3) is 0 Å². The molecule has 0 fully saturated rings. The van der Waals surface area contributed by atoms with Gasteiger partial charge in [0.25, 0.3) is 0 Å². The summed E-state index contributed by atoms with van der Waals surface area (Å²) < 4.78 is 42.3. The van der Waals surface area contributed by atoms with Crippen molar-refractivity contribution < 1.29 is 23.0 Å². The number of hydrogen-bond acceptors (Lipinski definition) is 3. The van der Waals surface area contributed by atoms with E-state index in [1.54, 1.807) is 26.0 Å². The first-order chi connectivity index (χ1) is 8.73. The Hall–Kier alpha value is -1.43. The Kier molecular flexibility index (Phi) is 5.05. The lowest BCUT2D eigenvalue weighted by Gasteiger charge is -2.27. The Bertz CT molecular complexity index is 419. The summed E-state index contributed by atoms with van der Waals surface area (Å²) >= 11 is 0. The zero-order chi connectivity index (χ0) is 14.6. The molecule has 0 aliphatic carbocycles. The maximum atomic E-state index is 12.5. The first kappa shape index (κ1) is 15.6. The molecule has 1 N–H and O–H groups in total. The van der Waals surface area contributed by atoms with Gasteiger partial charge in [0, 0.05) is 24.2 Å². The molecule has 1 rings (SSSR count). The number of phenolic OH excluding ortho intramolecular Hbond substituents is 1. The first-order valence-corrected chi connectivity index (χ1v) is 5.89. The van der Waals surface area contributed by atoms with E-state index in [0.29, 0.717) is 11.3 Å². The van der Waals surface area contributed by atoms with Crippen LogP contribution in [-0.2, 0) is 6.54 Å². The molecule has 0 amide bonds. The van der Waals surface area contributed by atoms with E-state index >= 15 is 0 Å². The Morgan fingerprint density at radius 1 is 1.32 bits per heavy atom. The SMILES string of the molecule is COc1ccc(CN(CC(F)(F)F)C(C)C)c(O)c1. The number of hydrogen-bond donors (Lipinski definition) is 1. The van der Waals surface area contributed by atoms with Crippen LogP contribution in [0, 0.1) is 0 Å². The van der Waals surface area contributed by atoms with E-state index in [2.05, 4.69) is 0 Å². The second-order valence-electron chi connectivity index (χ2n) is 4.61. The van der Waals surface area contributed by atoms with Gasteiger partial charge in [0.1, 0.15) is 11.5 Å². The maximum Gasteiger partial charge on any atom is 0.401 e. The molecular weight excluding hydrogens is 259 g/mol. The third kappa shape index (κ3) is 4.98. The number of halogens is 3. The van der Waals surface area contributed by atoms with Crippen LogP contribution in [0.4, 0.5) is 13.2 Å². The van der Waals surface area contributed by atoms with Crippen LogP contribution in [0.1, 0.15) is 19.4 Å². The second kappa shape index (κ2) is 6.14. The summed E-state index contributed by atoms with van der Waals surface area (Å²) in [6, 6.07) is 4.30. The molecule has 6 heteroatoms. The minimum Gasteiger partial charge on any atom is -0.507 e. The van der Waals surface area contributed by atoms with Crippen LogP contribution in [-0.4, -0.2) is 35.9 Å². The number of methoxy groups -OCH3 is 1. The largest absolute Gasteiger partial charge is 0.507 e. The van der Waals surface area contributed by atoms with Gasteiger partial charge in [0.15, 0.2) is 0 Å². The highest BCUT2D eigenvalue weighted by molar-refractivity contribution is 5.39. The highest BCUT2D eigenvalue weighted by Crippen LogP contribution is 2.26. The topological polar surface area (TPSA) is 32.7 Å². The third-order valence-electron chi connectivity index (χ3n) is 2.78. The van der Waals surface area contributed by atoms with E-state index in [-0.39, 0.29) is 18.3 Å². The third-order valence-corrected chi connectivity index (χ3v) is 2.78. The molecule has 1 aromatic rings. The average molecular weight is 277 g/mol. The fourth-order valence-corrected chi connectivity index (χ4v) is 1.67. The van der Waals surface area contributed by atoms with Crippen molar-refractivity contribution in [2.75, 3.05) is 13.7 Å². The lowest BCUT2D eigenvalue weighted by atomic mass is 10.1. The van der Waals surface area contributed by atoms with Crippen LogP contribution in [0.2, 0.25) is 0 Å². The zero-order valence-electron chi connectivity index (χ0n) is 11.2. The van der Waals surface area contributed by atoms with Crippen LogP contribution in [0.3, 0.4) is 0 Å². The number of nitrogens with zero attached hydrogens (tertiary/aromatic N) is 1. The van der Waals surface area contributed by atoms with Crippen molar-refractivity contribution in [3.63, 3.8) is 0 Å². The second-order valence-corrected chi connectivity index (χ2v) is 4.61. The van der Waals surface area contributed by atoms with Crippen LogP contribution in [0.5, 0.6) is 11.5 Å². The van der Waals surface area contributed by atoms with E-state index in [9.17, 15) is 18.3 Å². The fourth-order valence-electron chi connectivity index (χ4n) is 1.67. The maximum absolute atomic E-state index is 12.5. The number of rotatable bonds is 5. The Morgan fingerprint density at radius 2 is 1.95 bits per heavy atom. The van der Waals surface area contributed by atoms with Crippen LogP contribution < -0.4 is 4.74 Å². The standard InChI is InChI=1S/C13H18F3NO2/c1-9(2)17(8-13(14,15)16)7-10-4-5-11(19-3)6-12(10)18/h4-6,9,18H,7-8H2,1-3H3. The van der Waals surface area contributed by atoms with Gasteiger partial charge in [-0.05, 0) is 19.9 Å². The molecule has 108 valence electrons. The lowest BCUT2D eigenvalue weighted by molar-refractivity contribution is -0.150. The number of benzene rings is 1. The molecule has 0 aromatic heterocycles. The number of alkyl halides is 3. The van der Waals surface area contributed by atoms with Crippen molar-refractivity contribution in [2.24, 2.45) is 0 Å². The van der Waals surface area contributed by atoms with Crippen LogP contribution in [0.15, 0.2) is 18.2 Å². The minimum atomic E-state index is -4.26. The highest BCUT2D eigenvalue weighted by atomic mass is 19.4. The fraction of sp³-hybridized carbons (Fsp3) is 0.538. The van der Waals surface area contributed by atoms with Gasteiger partial charge in [0.2, 0.25) is 0 Å². The van der Waals surface area contributed by atoms with Crippen molar-refractivity contribution in [1.29, 1.82) is 0 Å². The summed E-state index contributed by atoms with van der Waals surface area (Å²) in [5.41, 5.74) is 0.443. The van der Waals surface area contributed by atoms with Gasteiger partial charge in [0.05, 0.1) is 13.7 Å². The molecule has 0 aliphatic rings. The van der Waals surface area contributed by atoms with E-state index in [1.807, 2.05) is 0 Å². The summed E-state index contributed by atoms with van der Waals surface area (Å²) in [6.45, 7) is 2.40. The Labute approximate surface area is 110 Å². The summed E-state index contributed by atoms with van der Waals surface area (Å²) in [5, 5.41) is 9.76. The summed E-state index contributed by atoms with van der Waals surface area (Å²) in [4.78, 5) is 1.25. The van der Waals surface area contributed by atoms with Gasteiger partial charge in [-0.2, -0.15) is 13.2 Å². The van der Waals surface area contributed by atoms with E-state index in [0.717, 1.165) is 0 Å². The molecule has 3 nitrogen and oxygen atoms in total. The van der Waals surface area contributed by atoms with Gasteiger partial charge in [-0.1, -0.05) is 6.07 Å². The molecule has 19 heavy (non-hydrogen) atoms. The molecule has 0 saturated carbocycles. The smallest absolute Gasteiger partial charge is 0.401 e. The molecule has 0 radical (unpaired) electrons. The monoisotopic (exact) mass is 277 g/mol. The first-order valence-electron chi connectivity index (χ1n) is 5.89. The van der Waals surface area contributed by atoms with Crippen LogP contribution >= 0.6 is 0 Å². The predicted molar refractivity (Wildman–Crippen MR) is 66.3 cm³/mol. The van der Waals surface area contributed by atoms with Gasteiger partial charge >= 0.3 is 6.18 Å². The van der Waals surface area contributed by atoms with Gasteiger partial charge < -0.3 is 9.84 Å². The number of ether oxygens (including phenoxy) is 1. The molecule has 0 bridgehead atoms. The molecule has 0 saturated heterocycles. The number of phenols is 1. The van der Waals surface area contributed by atoms with Crippen molar-refractivity contribution in [3.05, 3.63) is 23.8 Å². The minimum absolute atomic E-state index is 0.0347. The summed E-state index contributed by atoms with van der Waals surface area (Å²) in [7, 11) is 1.46. The lowest BCUT2D eigenvalue weighted by Crippen LogP contribution is -2.38. The average Bonchev–Trinajstić information content (AvgIpc) is 2.28. The van der Waals surface area contributed by atoms with Gasteiger partial charge in [-0.3, -0.25) is 4.90 Å². The molecule has 0 aliphatic heterocycles. The quantitative estimate of drug-likeness (QED) is 0.897. The van der Waals surface area contributed by atoms with Crippen molar-refractivity contribution in [3.8, 4) is 11.5 Å². The molecular formula is C13H18F3NO2. The van der Waals surface area contributed by atoms with Crippen molar-refractivity contribution >= 4 is 0 Å². The normalized spacial score (nSPS) is 12.2. The van der Waals surface area contributed by atoms with E-state index in [4.69, 9.17) is 4.74 Å². The summed E-state index contributed by atoms with van der Waals surface area (Å²) in [5.74, 6) is 0.403. The van der Waals surface area contributed by atoms with Crippen molar-refractivity contribution in [2.45, 2.75) is 32.6 Å². The zero-order valence-corrected chi connectivity index (χ0v) is 11.2. The molecule has 1 aromatic carbocycles. The summed E-state index contributed by atoms with van der Waals surface area (Å²) in [6.07, 6.45) is -4.26. The Morgan fingerprint density at radius 3 is 2.37 bits per heavy atom. The Balaban J connectivity index is 2.85. The van der Waals surface area contributed by atoms with Gasteiger partial charge in [-0.15, -0.1) is 0 Å². The number of aromatic hydroxyl groups is 1. The van der Waals surface area contributed by atoms with E-state index < -0.39 is 12.7 Å². The predicted octanol–water partition coefficient (Wildman–Crippen LogP) is 3.17. The molecule has 0 unspecified atom stereocenters. The molecule has 0 atom stereocenters. The molecule has 0 spiro atoms. The van der Waals surface area contributed by atoms with E-state index in [1.165, 1.54) is 18.1 Å².